The van der Waals surface area contributed by atoms with Crippen molar-refractivity contribution in [3.63, 3.8) is 0 Å². The maximum absolute atomic E-state index is 14.8. The van der Waals surface area contributed by atoms with Crippen molar-refractivity contribution in [3.05, 3.63) is 28.6 Å². The fourth-order valence-electron chi connectivity index (χ4n) is 8.47. The highest BCUT2D eigenvalue weighted by Gasteiger charge is 2.61. The summed E-state index contributed by atoms with van der Waals surface area (Å²) in [5.74, 6) is -1.67. The lowest BCUT2D eigenvalue weighted by Crippen LogP contribution is -2.59. The van der Waals surface area contributed by atoms with E-state index in [1.165, 1.54) is 23.3 Å². The van der Waals surface area contributed by atoms with Crippen LogP contribution in [0.4, 0.5) is 9.93 Å². The van der Waals surface area contributed by atoms with Crippen LogP contribution in [0.3, 0.4) is 0 Å². The van der Waals surface area contributed by atoms with E-state index in [9.17, 15) is 24.3 Å². The molecular weight excluding hydrogens is 788 g/mol. The zero-order valence-corrected chi connectivity index (χ0v) is 35.5. The Morgan fingerprint density at radius 3 is 2.41 bits per heavy atom. The number of thiazole rings is 1. The summed E-state index contributed by atoms with van der Waals surface area (Å²) in [5, 5.41) is 22.6. The van der Waals surface area contributed by atoms with Crippen molar-refractivity contribution in [2.75, 3.05) is 19.0 Å². The highest BCUT2D eigenvalue weighted by molar-refractivity contribution is 7.14. The van der Waals surface area contributed by atoms with Gasteiger partial charge in [0.15, 0.2) is 5.13 Å². The van der Waals surface area contributed by atoms with E-state index in [0.717, 1.165) is 18.0 Å². The van der Waals surface area contributed by atoms with Crippen LogP contribution in [-0.2, 0) is 23.9 Å². The number of benzene rings is 1. The Bertz CT molecular complexity index is 2060. The number of fused-ring (bicyclic) bond motifs is 3. The lowest BCUT2D eigenvalue weighted by molar-refractivity contribution is -0.146. The van der Waals surface area contributed by atoms with Crippen molar-refractivity contribution in [3.8, 4) is 22.9 Å². The van der Waals surface area contributed by atoms with Crippen LogP contribution in [0.2, 0.25) is 5.02 Å². The van der Waals surface area contributed by atoms with Crippen LogP contribution in [0.1, 0.15) is 86.5 Å². The molecule has 58 heavy (non-hydrogen) atoms. The van der Waals surface area contributed by atoms with Gasteiger partial charge in [0, 0.05) is 42.1 Å². The first-order valence-corrected chi connectivity index (χ1v) is 21.3. The smallest absolute Gasteiger partial charge is 0.408 e. The van der Waals surface area contributed by atoms with Crippen molar-refractivity contribution in [2.24, 2.45) is 11.3 Å². The number of carboxylic acids is 1. The standard InChI is InChI=1S/C41H53ClN6O9S/c1-8-21-17-41(21,37(51)52)47-35(49)29-15-25(18-48(29)36(50)34(40(4,5)6)46-39(53)57-24-13-22-9-10-23(14-24)55-22)56-31-16-27(28-19-58-38(45-28)43-20(2)3)44-33-26(31)11-12-30(54-7)32(33)42/h11-12,16,19-25,29,34H,8-10,13-15,17-18H2,1-7H3,(H,43,45)(H,46,53)(H,47,49)(H,51,52)/t21?,22-,23+,24-,25-,29+,34-,41-/m1/s1. The molecule has 0 spiro atoms. The number of aliphatic carboxylic acids is 1. The van der Waals surface area contributed by atoms with Crippen molar-refractivity contribution < 1.29 is 43.2 Å². The van der Waals surface area contributed by atoms with E-state index < -0.39 is 53.0 Å². The van der Waals surface area contributed by atoms with Gasteiger partial charge in [-0.25, -0.2) is 19.6 Å². The second kappa shape index (κ2) is 16.3. The number of likely N-dealkylation sites (tertiary alicyclic amines) is 1. The normalized spacial score (nSPS) is 26.9. The van der Waals surface area contributed by atoms with Crippen molar-refractivity contribution in [1.82, 2.24) is 25.5 Å². The molecule has 7 rings (SSSR count). The van der Waals surface area contributed by atoms with E-state index >= 15 is 0 Å². The van der Waals surface area contributed by atoms with Crippen molar-refractivity contribution >= 4 is 62.8 Å². The van der Waals surface area contributed by atoms with Crippen molar-refractivity contribution in [1.29, 1.82) is 0 Å². The number of hydrogen-bond donors (Lipinski definition) is 4. The van der Waals surface area contributed by atoms with Gasteiger partial charge in [-0.1, -0.05) is 45.7 Å². The summed E-state index contributed by atoms with van der Waals surface area (Å²) in [7, 11) is 1.51. The first-order valence-electron chi connectivity index (χ1n) is 20.0. The molecule has 1 aliphatic carbocycles. The molecule has 4 fully saturated rings. The lowest BCUT2D eigenvalue weighted by atomic mass is 9.85. The van der Waals surface area contributed by atoms with Gasteiger partial charge < -0.3 is 44.9 Å². The first kappa shape index (κ1) is 41.7. The summed E-state index contributed by atoms with van der Waals surface area (Å²) in [4.78, 5) is 65.9. The van der Waals surface area contributed by atoms with Gasteiger partial charge in [0.05, 0.1) is 37.1 Å². The number of ether oxygens (including phenoxy) is 4. The van der Waals surface area contributed by atoms with Crippen LogP contribution in [-0.4, -0.2) is 106 Å². The molecule has 314 valence electrons. The zero-order valence-electron chi connectivity index (χ0n) is 33.9. The number of carbonyl (C=O) groups excluding carboxylic acids is 3. The Balaban J connectivity index is 1.19. The average Bonchev–Trinajstić information content (AvgIpc) is 3.42. The molecule has 3 aromatic rings. The number of alkyl carbamates (subject to hydrolysis) is 1. The number of halogens is 1. The Kier molecular flexibility index (Phi) is 11.7. The third-order valence-electron chi connectivity index (χ3n) is 11.6. The monoisotopic (exact) mass is 840 g/mol. The van der Waals surface area contributed by atoms with E-state index in [1.807, 2.05) is 46.9 Å². The van der Waals surface area contributed by atoms with Gasteiger partial charge >= 0.3 is 12.1 Å². The summed E-state index contributed by atoms with van der Waals surface area (Å²) in [6.07, 6.45) is 2.26. The minimum absolute atomic E-state index is 0.0387. The average molecular weight is 841 g/mol. The number of aromatic nitrogens is 2. The fourth-order valence-corrected chi connectivity index (χ4v) is 9.61. The number of anilines is 1. The Morgan fingerprint density at radius 2 is 1.79 bits per heavy atom. The van der Waals surface area contributed by atoms with Crippen LogP contribution in [0.15, 0.2) is 23.6 Å². The maximum atomic E-state index is 14.8. The molecule has 2 aromatic heterocycles. The largest absolute Gasteiger partial charge is 0.495 e. The fraction of sp³-hybridized carbons (Fsp3) is 0.610. The van der Waals surface area contributed by atoms with E-state index in [1.54, 1.807) is 18.2 Å². The highest BCUT2D eigenvalue weighted by Crippen LogP contribution is 2.47. The quantitative estimate of drug-likeness (QED) is 0.148. The Labute approximate surface area is 346 Å². The number of nitrogens with one attached hydrogen (secondary N) is 3. The molecule has 2 bridgehead atoms. The topological polar surface area (TPSA) is 191 Å². The minimum Gasteiger partial charge on any atom is -0.495 e. The van der Waals surface area contributed by atoms with Gasteiger partial charge in [0.1, 0.15) is 52.0 Å². The third kappa shape index (κ3) is 8.51. The number of hydrogen-bond acceptors (Lipinski definition) is 12. The SMILES string of the molecule is CCC1C[C@]1(NC(=O)[C@@H]1C[C@@H](Oc2cc(-c3csc(NC(C)C)n3)nc3c(Cl)c(OC)ccc23)CN1C(=O)[C@@H](NC(=O)O[C@@H]1C[C@H]2CC[C@@H](C1)O2)C(C)(C)C)C(=O)O. The molecule has 1 aromatic carbocycles. The lowest BCUT2D eigenvalue weighted by Gasteiger charge is -2.36. The van der Waals surface area contributed by atoms with Gasteiger partial charge in [-0.15, -0.1) is 11.3 Å². The molecule has 5 heterocycles. The van der Waals surface area contributed by atoms with Gasteiger partial charge in [-0.3, -0.25) is 9.59 Å². The number of methoxy groups -OCH3 is 1. The van der Waals surface area contributed by atoms with Crippen LogP contribution in [0.5, 0.6) is 11.5 Å². The Hall–Kier alpha value is -4.41. The van der Waals surface area contributed by atoms with Crippen LogP contribution in [0.25, 0.3) is 22.3 Å². The summed E-state index contributed by atoms with van der Waals surface area (Å²) < 4.78 is 24.0. The predicted molar refractivity (Wildman–Crippen MR) is 218 cm³/mol. The van der Waals surface area contributed by atoms with E-state index in [4.69, 9.17) is 40.5 Å². The number of rotatable bonds is 13. The first-order chi connectivity index (χ1) is 27.5. The molecule has 3 amide bonds. The third-order valence-corrected chi connectivity index (χ3v) is 12.7. The maximum Gasteiger partial charge on any atom is 0.408 e. The molecule has 1 unspecified atom stereocenters. The summed E-state index contributed by atoms with van der Waals surface area (Å²) >= 11 is 8.26. The van der Waals surface area contributed by atoms with Gasteiger partial charge in [0.25, 0.3) is 0 Å². The molecule has 17 heteroatoms. The van der Waals surface area contributed by atoms with Crippen LogP contribution < -0.4 is 25.4 Å². The number of amides is 3. The molecule has 8 atom stereocenters. The summed E-state index contributed by atoms with van der Waals surface area (Å²) in [6.45, 7) is 11.3. The Morgan fingerprint density at radius 1 is 1.07 bits per heavy atom. The molecule has 15 nitrogen and oxygen atoms in total. The van der Waals surface area contributed by atoms with Crippen molar-refractivity contribution in [2.45, 2.75) is 135 Å². The zero-order chi connectivity index (χ0) is 41.7. The van der Waals surface area contributed by atoms with Crippen LogP contribution >= 0.6 is 22.9 Å². The number of carbonyl (C=O) groups is 4. The molecule has 0 radical (unpaired) electrons. The molecule has 4 aliphatic rings. The predicted octanol–water partition coefficient (Wildman–Crippen LogP) is 6.41. The molecule has 3 aliphatic heterocycles. The highest BCUT2D eigenvalue weighted by atomic mass is 35.5. The number of pyridine rings is 1. The van der Waals surface area contributed by atoms with E-state index in [0.29, 0.717) is 53.1 Å². The van der Waals surface area contributed by atoms with Gasteiger partial charge in [-0.05, 0) is 56.6 Å². The van der Waals surface area contributed by atoms with Gasteiger partial charge in [0.2, 0.25) is 11.8 Å². The second-order valence-electron chi connectivity index (χ2n) is 17.3. The van der Waals surface area contributed by atoms with Crippen LogP contribution in [0, 0.1) is 11.3 Å². The second-order valence-corrected chi connectivity index (χ2v) is 18.5. The van der Waals surface area contributed by atoms with E-state index in [2.05, 4.69) is 16.0 Å². The van der Waals surface area contributed by atoms with E-state index in [-0.39, 0.29) is 54.7 Å². The molecule has 4 N–H and O–H groups in total. The molecule has 3 saturated heterocycles. The van der Waals surface area contributed by atoms with Gasteiger partial charge in [-0.2, -0.15) is 0 Å². The number of nitrogens with zero attached hydrogens (tertiary/aromatic N) is 3. The number of carboxylic acid groups (broad SMARTS) is 1. The summed E-state index contributed by atoms with van der Waals surface area (Å²) in [5.41, 5.74) is -0.735. The molecular formula is C41H53ClN6O9S. The summed E-state index contributed by atoms with van der Waals surface area (Å²) in [6, 6.07) is 3.21. The molecule has 1 saturated carbocycles. The minimum atomic E-state index is -1.42.